The third-order valence-corrected chi connectivity index (χ3v) is 4.40. The van der Waals surface area contributed by atoms with E-state index in [1.807, 2.05) is 10.8 Å². The molecule has 0 saturated carbocycles. The molecule has 0 radical (unpaired) electrons. The molecule has 8 heteroatoms. The number of ether oxygens (including phenoxy) is 2. The van der Waals surface area contributed by atoms with E-state index in [4.69, 9.17) is 9.47 Å². The maximum absolute atomic E-state index is 12.3. The third kappa shape index (κ3) is 3.48. The number of aromatic nitrogens is 3. The Morgan fingerprint density at radius 3 is 2.75 bits per heavy atom. The minimum absolute atomic E-state index is 0.0573. The van der Waals surface area contributed by atoms with Crippen molar-refractivity contribution in [2.45, 2.75) is 13.0 Å². The normalized spacial score (nSPS) is 10.8. The molecule has 3 aromatic rings. The number of aryl methyl sites for hydroxylation is 1. The Labute approximate surface area is 142 Å². The second kappa shape index (κ2) is 7.31. The van der Waals surface area contributed by atoms with Gasteiger partial charge in [-0.05, 0) is 12.5 Å². The molecule has 0 fully saturated rings. The van der Waals surface area contributed by atoms with Crippen molar-refractivity contribution in [1.29, 1.82) is 0 Å². The van der Waals surface area contributed by atoms with E-state index in [0.29, 0.717) is 27.5 Å². The number of imidazole rings is 1. The summed E-state index contributed by atoms with van der Waals surface area (Å²) in [7, 11) is 3.10. The van der Waals surface area contributed by atoms with Crippen LogP contribution in [0.15, 0.2) is 35.6 Å². The molecule has 0 bridgehead atoms. The van der Waals surface area contributed by atoms with E-state index < -0.39 is 0 Å². The lowest BCUT2D eigenvalue weighted by Gasteiger charge is -2.09. The van der Waals surface area contributed by atoms with E-state index in [1.165, 1.54) is 0 Å². The van der Waals surface area contributed by atoms with Crippen LogP contribution in [0.5, 0.6) is 11.5 Å². The number of fused-ring (bicyclic) bond motifs is 1. The zero-order valence-electron chi connectivity index (χ0n) is 13.5. The number of hydrogen-bond donors (Lipinski definition) is 1. The van der Waals surface area contributed by atoms with Gasteiger partial charge in [0.05, 0.1) is 31.4 Å². The fourth-order valence-electron chi connectivity index (χ4n) is 2.35. The molecule has 126 valence electrons. The number of benzene rings is 1. The highest BCUT2D eigenvalue weighted by Gasteiger charge is 2.11. The topological polar surface area (TPSA) is 78.3 Å². The predicted molar refractivity (Wildman–Crippen MR) is 94.3 cm³/mol. The molecule has 0 atom stereocenters. The quantitative estimate of drug-likeness (QED) is 0.662. The first-order chi connectivity index (χ1) is 11.7. The number of nitrogens with zero attached hydrogens (tertiary/aromatic N) is 3. The molecule has 0 aliphatic rings. The Bertz CT molecular complexity index is 877. The van der Waals surface area contributed by atoms with Gasteiger partial charge in [0.1, 0.15) is 0 Å². The van der Waals surface area contributed by atoms with Crippen LogP contribution in [0.25, 0.3) is 10.9 Å². The molecule has 7 nitrogen and oxygen atoms in total. The Balaban J connectivity index is 1.75. The molecule has 0 aliphatic carbocycles. The number of hydrogen-bond acceptors (Lipinski definition) is 7. The lowest BCUT2D eigenvalue weighted by molar-refractivity contribution is 0.356. The molecule has 3 rings (SSSR count). The standard InChI is InChI=1S/C16H18N4O3S/c1-22-13-8-11-12(9-14(13)23-2)19-16(24-15(11)21)18-4-3-6-20-7-5-17-10-20/h5,7-10H,3-4,6H2,1-2H3,(H,18,19). The van der Waals surface area contributed by atoms with Crippen LogP contribution in [-0.4, -0.2) is 35.3 Å². The third-order valence-electron chi connectivity index (χ3n) is 3.56. The molecule has 2 heterocycles. The molecule has 0 aliphatic heterocycles. The Morgan fingerprint density at radius 1 is 1.25 bits per heavy atom. The zero-order valence-corrected chi connectivity index (χ0v) is 14.3. The van der Waals surface area contributed by atoms with Gasteiger partial charge in [-0.2, -0.15) is 0 Å². The molecular weight excluding hydrogens is 328 g/mol. The number of methoxy groups -OCH3 is 2. The second-order valence-corrected chi connectivity index (χ2v) is 6.07. The summed E-state index contributed by atoms with van der Waals surface area (Å²) in [6.45, 7) is 1.58. The molecule has 1 N–H and O–H groups in total. The van der Waals surface area contributed by atoms with Gasteiger partial charge < -0.3 is 19.4 Å². The van der Waals surface area contributed by atoms with Crippen molar-refractivity contribution >= 4 is 27.4 Å². The molecule has 1 aromatic carbocycles. The summed E-state index contributed by atoms with van der Waals surface area (Å²) < 4.78 is 12.5. The summed E-state index contributed by atoms with van der Waals surface area (Å²) in [5.74, 6) is 1.08. The van der Waals surface area contributed by atoms with Gasteiger partial charge in [-0.25, -0.2) is 9.97 Å². The summed E-state index contributed by atoms with van der Waals surface area (Å²) in [6.07, 6.45) is 6.37. The van der Waals surface area contributed by atoms with Gasteiger partial charge in [-0.15, -0.1) is 0 Å². The van der Waals surface area contributed by atoms with Crippen molar-refractivity contribution in [3.05, 3.63) is 40.4 Å². The summed E-state index contributed by atoms with van der Waals surface area (Å²) in [6, 6.07) is 3.39. The van der Waals surface area contributed by atoms with E-state index in [2.05, 4.69) is 15.3 Å². The van der Waals surface area contributed by atoms with Crippen LogP contribution in [0.4, 0.5) is 5.13 Å². The van der Waals surface area contributed by atoms with Crippen LogP contribution in [0.2, 0.25) is 0 Å². The first-order valence-electron chi connectivity index (χ1n) is 7.47. The smallest absolute Gasteiger partial charge is 0.245 e. The fourth-order valence-corrected chi connectivity index (χ4v) is 3.12. The summed E-state index contributed by atoms with van der Waals surface area (Å²) in [5, 5.41) is 4.34. The van der Waals surface area contributed by atoms with Crippen molar-refractivity contribution in [2.75, 3.05) is 26.1 Å². The van der Waals surface area contributed by atoms with Gasteiger partial charge in [0, 0.05) is 31.5 Å². The second-order valence-electron chi connectivity index (χ2n) is 5.11. The average Bonchev–Trinajstić information content (AvgIpc) is 3.11. The Morgan fingerprint density at radius 2 is 2.04 bits per heavy atom. The first kappa shape index (κ1) is 16.3. The van der Waals surface area contributed by atoms with Crippen molar-refractivity contribution in [1.82, 2.24) is 14.5 Å². The van der Waals surface area contributed by atoms with Crippen LogP contribution in [-0.2, 0) is 6.54 Å². The number of anilines is 1. The highest BCUT2D eigenvalue weighted by Crippen LogP contribution is 2.31. The highest BCUT2D eigenvalue weighted by atomic mass is 32.1. The first-order valence-corrected chi connectivity index (χ1v) is 8.29. The van der Waals surface area contributed by atoms with Gasteiger partial charge in [0.2, 0.25) is 4.74 Å². The van der Waals surface area contributed by atoms with Crippen molar-refractivity contribution < 1.29 is 9.47 Å². The van der Waals surface area contributed by atoms with Crippen molar-refractivity contribution in [3.63, 3.8) is 0 Å². The largest absolute Gasteiger partial charge is 0.493 e. The molecular formula is C16H18N4O3S. The van der Waals surface area contributed by atoms with Crippen LogP contribution in [0.3, 0.4) is 0 Å². The summed E-state index contributed by atoms with van der Waals surface area (Å²) >= 11 is 1.09. The van der Waals surface area contributed by atoms with Crippen LogP contribution < -0.4 is 19.5 Å². The maximum Gasteiger partial charge on any atom is 0.245 e. The lowest BCUT2D eigenvalue weighted by atomic mass is 10.2. The summed E-state index contributed by atoms with van der Waals surface area (Å²) in [4.78, 5) is 20.8. The Hall–Kier alpha value is -2.61. The molecule has 0 spiro atoms. The highest BCUT2D eigenvalue weighted by molar-refractivity contribution is 7.13. The SMILES string of the molecule is COc1cc2nc(NCCCn3ccnc3)sc(=O)c2cc1OC. The molecule has 0 amide bonds. The van der Waals surface area contributed by atoms with E-state index in [-0.39, 0.29) is 4.74 Å². The monoisotopic (exact) mass is 346 g/mol. The van der Waals surface area contributed by atoms with Crippen LogP contribution >= 0.6 is 11.3 Å². The van der Waals surface area contributed by atoms with Gasteiger partial charge >= 0.3 is 0 Å². The lowest BCUT2D eigenvalue weighted by Crippen LogP contribution is -2.08. The molecule has 24 heavy (non-hydrogen) atoms. The number of nitrogens with one attached hydrogen (secondary N) is 1. The van der Waals surface area contributed by atoms with E-state index >= 15 is 0 Å². The molecule has 0 unspecified atom stereocenters. The van der Waals surface area contributed by atoms with Gasteiger partial charge in [-0.1, -0.05) is 11.3 Å². The van der Waals surface area contributed by atoms with Crippen molar-refractivity contribution in [2.24, 2.45) is 0 Å². The maximum atomic E-state index is 12.3. The van der Waals surface area contributed by atoms with E-state index in [0.717, 1.165) is 30.8 Å². The van der Waals surface area contributed by atoms with E-state index in [9.17, 15) is 4.79 Å². The minimum Gasteiger partial charge on any atom is -0.493 e. The predicted octanol–water partition coefficient (Wildman–Crippen LogP) is 2.37. The Kier molecular flexibility index (Phi) is 4.95. The minimum atomic E-state index is -0.0573. The summed E-state index contributed by atoms with van der Waals surface area (Å²) in [5.41, 5.74) is 0.591. The molecule has 2 aromatic heterocycles. The molecule has 0 saturated heterocycles. The van der Waals surface area contributed by atoms with Gasteiger partial charge in [0.15, 0.2) is 16.6 Å². The van der Waals surface area contributed by atoms with Crippen LogP contribution in [0.1, 0.15) is 6.42 Å². The number of rotatable bonds is 7. The van der Waals surface area contributed by atoms with E-state index in [1.54, 1.807) is 38.9 Å². The van der Waals surface area contributed by atoms with Crippen molar-refractivity contribution in [3.8, 4) is 11.5 Å². The van der Waals surface area contributed by atoms with Gasteiger partial charge in [0.25, 0.3) is 0 Å². The average molecular weight is 346 g/mol. The zero-order chi connectivity index (χ0) is 16.9. The fraction of sp³-hybridized carbons (Fsp3) is 0.312. The van der Waals surface area contributed by atoms with Gasteiger partial charge in [-0.3, -0.25) is 4.79 Å². The van der Waals surface area contributed by atoms with Crippen LogP contribution in [0, 0.1) is 0 Å².